The minimum atomic E-state index is -2.72. The maximum absolute atomic E-state index is 5.98. The highest BCUT2D eigenvalue weighted by atomic mass is 35.8. The standard InChI is InChI=1S/C9H11Cl3Si/c1-7(2)8-5-3-4-6-9(8)13(10,11)12/h3-7H,1-2H3. The van der Waals surface area contributed by atoms with Gasteiger partial charge in [0.05, 0.1) is 0 Å². The summed E-state index contributed by atoms with van der Waals surface area (Å²) in [6, 6.07) is 5.10. The fourth-order valence-electron chi connectivity index (χ4n) is 1.26. The molecular weight excluding hydrogens is 243 g/mol. The van der Waals surface area contributed by atoms with Crippen LogP contribution in [0.1, 0.15) is 25.3 Å². The Hall–Kier alpha value is 0.307. The summed E-state index contributed by atoms with van der Waals surface area (Å²) in [5, 5.41) is 0.912. The van der Waals surface area contributed by atoms with Crippen molar-refractivity contribution < 1.29 is 0 Å². The van der Waals surface area contributed by atoms with Crippen LogP contribution in [0.4, 0.5) is 0 Å². The molecule has 13 heavy (non-hydrogen) atoms. The van der Waals surface area contributed by atoms with Crippen molar-refractivity contribution in [3.63, 3.8) is 0 Å². The van der Waals surface area contributed by atoms with E-state index in [9.17, 15) is 0 Å². The Morgan fingerprint density at radius 2 is 1.62 bits per heavy atom. The number of hydrogen-bond donors (Lipinski definition) is 0. The molecule has 0 aromatic heterocycles. The SMILES string of the molecule is CC(C)c1ccccc1[Si](Cl)(Cl)Cl. The van der Waals surface area contributed by atoms with Gasteiger partial charge in [-0.2, -0.15) is 0 Å². The van der Waals surface area contributed by atoms with Crippen LogP contribution >= 0.6 is 33.2 Å². The van der Waals surface area contributed by atoms with Gasteiger partial charge in [0.2, 0.25) is 0 Å². The van der Waals surface area contributed by atoms with Crippen molar-refractivity contribution in [1.82, 2.24) is 0 Å². The van der Waals surface area contributed by atoms with E-state index in [1.165, 1.54) is 0 Å². The lowest BCUT2D eigenvalue weighted by Gasteiger charge is -2.16. The second kappa shape index (κ2) is 4.22. The zero-order valence-electron chi connectivity index (χ0n) is 7.52. The summed E-state index contributed by atoms with van der Waals surface area (Å²) < 4.78 is 0. The second-order valence-corrected chi connectivity index (χ2v) is 11.6. The average molecular weight is 254 g/mol. The van der Waals surface area contributed by atoms with E-state index in [0.29, 0.717) is 5.92 Å². The van der Waals surface area contributed by atoms with Crippen molar-refractivity contribution in [2.45, 2.75) is 19.8 Å². The lowest BCUT2D eigenvalue weighted by atomic mass is 10.0. The third kappa shape index (κ3) is 2.88. The molecule has 0 atom stereocenters. The van der Waals surface area contributed by atoms with E-state index >= 15 is 0 Å². The molecule has 0 fully saturated rings. The van der Waals surface area contributed by atoms with Gasteiger partial charge in [-0.05, 0) is 16.7 Å². The highest BCUT2D eigenvalue weighted by Crippen LogP contribution is 2.24. The smallest absolute Gasteiger partial charge is 0.121 e. The molecule has 0 heterocycles. The first-order valence-corrected chi connectivity index (χ1v) is 9.12. The Balaban J connectivity index is 3.20. The van der Waals surface area contributed by atoms with Crippen LogP contribution in [-0.2, 0) is 0 Å². The summed E-state index contributed by atoms with van der Waals surface area (Å²) in [6.45, 7) is 4.20. The van der Waals surface area contributed by atoms with E-state index in [4.69, 9.17) is 33.2 Å². The molecule has 0 N–H and O–H groups in total. The lowest BCUT2D eigenvalue weighted by Crippen LogP contribution is -2.33. The van der Waals surface area contributed by atoms with E-state index in [1.807, 2.05) is 24.3 Å². The highest BCUT2D eigenvalue weighted by Gasteiger charge is 2.30. The number of benzene rings is 1. The van der Waals surface area contributed by atoms with Gasteiger partial charge in [0.1, 0.15) is 0 Å². The average Bonchev–Trinajstić information content (AvgIpc) is 2.03. The van der Waals surface area contributed by atoms with Gasteiger partial charge in [0.15, 0.2) is 0 Å². The van der Waals surface area contributed by atoms with E-state index < -0.39 is 6.00 Å². The molecule has 72 valence electrons. The van der Waals surface area contributed by atoms with Crippen molar-refractivity contribution in [1.29, 1.82) is 0 Å². The summed E-state index contributed by atoms with van der Waals surface area (Å²) in [5.41, 5.74) is 1.15. The molecule has 0 unspecified atom stereocenters. The van der Waals surface area contributed by atoms with E-state index in [0.717, 1.165) is 10.8 Å². The van der Waals surface area contributed by atoms with E-state index in [-0.39, 0.29) is 0 Å². The Bertz CT molecular complexity index is 291. The van der Waals surface area contributed by atoms with Crippen LogP contribution in [0.5, 0.6) is 0 Å². The minimum Gasteiger partial charge on any atom is -0.121 e. The Morgan fingerprint density at radius 3 is 2.00 bits per heavy atom. The molecule has 0 amide bonds. The highest BCUT2D eigenvalue weighted by molar-refractivity contribution is 7.69. The molecule has 1 aromatic carbocycles. The Morgan fingerprint density at radius 1 is 1.08 bits per heavy atom. The molecule has 4 heteroatoms. The lowest BCUT2D eigenvalue weighted by molar-refractivity contribution is 0.873. The van der Waals surface area contributed by atoms with Crippen LogP contribution in [0.15, 0.2) is 24.3 Å². The van der Waals surface area contributed by atoms with Crippen molar-refractivity contribution in [3.05, 3.63) is 29.8 Å². The van der Waals surface area contributed by atoms with E-state index in [1.54, 1.807) is 0 Å². The maximum atomic E-state index is 5.98. The predicted octanol–water partition coefficient (Wildman–Crippen LogP) is 3.67. The summed E-state index contributed by atoms with van der Waals surface area (Å²) in [7, 11) is 0. The molecule has 0 spiro atoms. The fourth-order valence-corrected chi connectivity index (χ4v) is 3.79. The van der Waals surface area contributed by atoms with Crippen LogP contribution in [0.2, 0.25) is 0 Å². The maximum Gasteiger partial charge on any atom is 0.373 e. The molecule has 0 saturated heterocycles. The molecule has 0 aliphatic rings. The topological polar surface area (TPSA) is 0 Å². The molecule has 0 aliphatic carbocycles. The number of hydrogen-bond acceptors (Lipinski definition) is 0. The zero-order chi connectivity index (χ0) is 10.1. The van der Waals surface area contributed by atoms with Gasteiger partial charge in [0, 0.05) is 0 Å². The Kier molecular flexibility index (Phi) is 3.70. The van der Waals surface area contributed by atoms with Gasteiger partial charge < -0.3 is 0 Å². The summed E-state index contributed by atoms with van der Waals surface area (Å²) >= 11 is 17.9. The molecule has 0 radical (unpaired) electrons. The van der Waals surface area contributed by atoms with Gasteiger partial charge in [0.25, 0.3) is 0 Å². The van der Waals surface area contributed by atoms with E-state index in [2.05, 4.69) is 13.8 Å². The Labute approximate surface area is 93.9 Å². The molecule has 1 rings (SSSR count). The van der Waals surface area contributed by atoms with Crippen molar-refractivity contribution in [3.8, 4) is 0 Å². The first kappa shape index (κ1) is 11.4. The van der Waals surface area contributed by atoms with Crippen LogP contribution in [0, 0.1) is 0 Å². The summed E-state index contributed by atoms with van der Waals surface area (Å²) in [4.78, 5) is 0. The van der Waals surface area contributed by atoms with Crippen LogP contribution in [0.3, 0.4) is 0 Å². The number of rotatable bonds is 2. The van der Waals surface area contributed by atoms with Crippen molar-refractivity contribution in [2.24, 2.45) is 0 Å². The van der Waals surface area contributed by atoms with Gasteiger partial charge >= 0.3 is 6.00 Å². The second-order valence-electron chi connectivity index (χ2n) is 3.24. The molecule has 1 aromatic rings. The predicted molar refractivity (Wildman–Crippen MR) is 63.5 cm³/mol. The minimum absolute atomic E-state index is 0.402. The van der Waals surface area contributed by atoms with Crippen molar-refractivity contribution in [2.75, 3.05) is 0 Å². The summed E-state index contributed by atoms with van der Waals surface area (Å²) in [6.07, 6.45) is 0. The third-order valence-electron chi connectivity index (χ3n) is 1.89. The normalized spacial score (nSPS) is 12.2. The molecular formula is C9H11Cl3Si. The van der Waals surface area contributed by atoms with Crippen molar-refractivity contribution >= 4 is 44.4 Å². The first-order chi connectivity index (χ1) is 5.93. The number of halogens is 3. The zero-order valence-corrected chi connectivity index (χ0v) is 10.8. The fraction of sp³-hybridized carbons (Fsp3) is 0.333. The van der Waals surface area contributed by atoms with Crippen LogP contribution in [-0.4, -0.2) is 6.00 Å². The molecule has 0 saturated carbocycles. The van der Waals surface area contributed by atoms with Crippen LogP contribution in [0.25, 0.3) is 0 Å². The largest absolute Gasteiger partial charge is 0.373 e. The van der Waals surface area contributed by atoms with Gasteiger partial charge in [-0.15, -0.1) is 33.2 Å². The summed E-state index contributed by atoms with van der Waals surface area (Å²) in [5.74, 6) is 0.402. The molecule has 0 bridgehead atoms. The quantitative estimate of drug-likeness (QED) is 0.557. The van der Waals surface area contributed by atoms with Gasteiger partial charge in [-0.3, -0.25) is 0 Å². The van der Waals surface area contributed by atoms with Gasteiger partial charge in [-0.25, -0.2) is 0 Å². The van der Waals surface area contributed by atoms with Crippen LogP contribution < -0.4 is 5.19 Å². The first-order valence-electron chi connectivity index (χ1n) is 4.09. The molecule has 0 aliphatic heterocycles. The third-order valence-corrected chi connectivity index (χ3v) is 4.79. The van der Waals surface area contributed by atoms with Gasteiger partial charge in [-0.1, -0.05) is 38.1 Å². The monoisotopic (exact) mass is 252 g/mol. The molecule has 0 nitrogen and oxygen atoms in total.